The molecule has 1 aromatic carbocycles. The lowest BCUT2D eigenvalue weighted by Gasteiger charge is -2.20. The summed E-state index contributed by atoms with van der Waals surface area (Å²) in [7, 11) is 0. The van der Waals surface area contributed by atoms with E-state index in [0.29, 0.717) is 12.1 Å². The minimum Gasteiger partial charge on any atom is -0.465 e. The zero-order chi connectivity index (χ0) is 15.9. The summed E-state index contributed by atoms with van der Waals surface area (Å²) in [6.07, 6.45) is 0.738. The number of hydrogen-bond donors (Lipinski definition) is 0. The summed E-state index contributed by atoms with van der Waals surface area (Å²) >= 11 is 0. The minimum atomic E-state index is -0.698. The third-order valence-electron chi connectivity index (χ3n) is 4.26. The minimum absolute atomic E-state index is 0.0436. The van der Waals surface area contributed by atoms with E-state index in [9.17, 15) is 14.9 Å². The second-order valence-electron chi connectivity index (χ2n) is 5.42. The highest BCUT2D eigenvalue weighted by Gasteiger charge is 2.40. The van der Waals surface area contributed by atoms with Crippen LogP contribution in [0.1, 0.15) is 30.9 Å². The highest BCUT2D eigenvalue weighted by Crippen LogP contribution is 2.43. The van der Waals surface area contributed by atoms with E-state index in [1.165, 1.54) is 0 Å². The van der Waals surface area contributed by atoms with Gasteiger partial charge in [-0.2, -0.15) is 5.26 Å². The Kier molecular flexibility index (Phi) is 3.45. The number of anilines is 1. The number of benzene rings is 1. The molecule has 0 aromatic heterocycles. The van der Waals surface area contributed by atoms with E-state index in [4.69, 9.17) is 4.74 Å². The molecule has 5 nitrogen and oxygen atoms in total. The largest absolute Gasteiger partial charge is 0.465 e. The fourth-order valence-corrected chi connectivity index (χ4v) is 3.27. The third kappa shape index (κ3) is 1.92. The van der Waals surface area contributed by atoms with Crippen LogP contribution in [-0.4, -0.2) is 25.0 Å². The molecule has 2 aliphatic heterocycles. The molecule has 0 spiro atoms. The van der Waals surface area contributed by atoms with Crippen LogP contribution in [0.25, 0.3) is 0 Å². The second kappa shape index (κ2) is 5.30. The molecule has 3 rings (SSSR count). The Bertz CT molecular complexity index is 743. The van der Waals surface area contributed by atoms with Gasteiger partial charge in [0.15, 0.2) is 0 Å². The van der Waals surface area contributed by atoms with Crippen molar-refractivity contribution in [2.75, 3.05) is 18.1 Å². The van der Waals surface area contributed by atoms with E-state index in [1.807, 2.05) is 24.3 Å². The summed E-state index contributed by atoms with van der Waals surface area (Å²) in [5.74, 6) is -1.43. The van der Waals surface area contributed by atoms with Gasteiger partial charge in [0, 0.05) is 6.54 Å². The number of amides is 1. The molecule has 112 valence electrons. The van der Waals surface area contributed by atoms with Crippen molar-refractivity contribution in [2.45, 2.75) is 26.2 Å². The Morgan fingerprint density at radius 1 is 1.50 bits per heavy atom. The molecular weight excluding hydrogens is 280 g/mol. The molecule has 1 amide bonds. The zero-order valence-corrected chi connectivity index (χ0v) is 12.5. The predicted octanol–water partition coefficient (Wildman–Crippen LogP) is 2.08. The fourth-order valence-electron chi connectivity index (χ4n) is 3.27. The van der Waals surface area contributed by atoms with Gasteiger partial charge < -0.3 is 9.64 Å². The van der Waals surface area contributed by atoms with E-state index in [-0.39, 0.29) is 18.1 Å². The molecule has 0 fully saturated rings. The summed E-state index contributed by atoms with van der Waals surface area (Å²) in [6.45, 7) is 4.21. The first-order chi connectivity index (χ1) is 10.6. The van der Waals surface area contributed by atoms with Gasteiger partial charge in [0.1, 0.15) is 17.6 Å². The average Bonchev–Trinajstić information content (AvgIpc) is 2.89. The van der Waals surface area contributed by atoms with Crippen LogP contribution in [0.2, 0.25) is 0 Å². The number of carbonyl (C=O) groups is 2. The molecule has 2 heterocycles. The Labute approximate surface area is 128 Å². The Balaban J connectivity index is 2.27. The first-order valence-corrected chi connectivity index (χ1v) is 7.31. The Morgan fingerprint density at radius 3 is 2.95 bits per heavy atom. The van der Waals surface area contributed by atoms with Crippen molar-refractivity contribution < 1.29 is 14.3 Å². The van der Waals surface area contributed by atoms with Crippen LogP contribution >= 0.6 is 0 Å². The molecular formula is C17H16N2O3. The lowest BCUT2D eigenvalue weighted by Crippen LogP contribution is -2.29. The van der Waals surface area contributed by atoms with Crippen LogP contribution in [0.3, 0.4) is 0 Å². The molecule has 0 unspecified atom stereocenters. The molecule has 0 bridgehead atoms. The highest BCUT2D eigenvalue weighted by molar-refractivity contribution is 6.12. The van der Waals surface area contributed by atoms with Crippen LogP contribution in [0.4, 0.5) is 5.69 Å². The van der Waals surface area contributed by atoms with Gasteiger partial charge in [0.05, 0.1) is 12.3 Å². The topological polar surface area (TPSA) is 70.4 Å². The maximum Gasteiger partial charge on any atom is 0.317 e. The number of rotatable bonds is 2. The highest BCUT2D eigenvalue weighted by atomic mass is 16.5. The van der Waals surface area contributed by atoms with Gasteiger partial charge in [-0.25, -0.2) is 0 Å². The van der Waals surface area contributed by atoms with Crippen LogP contribution in [0.5, 0.6) is 0 Å². The summed E-state index contributed by atoms with van der Waals surface area (Å²) in [5.41, 5.74) is 3.07. The lowest BCUT2D eigenvalue weighted by molar-refractivity contribution is -0.143. The summed E-state index contributed by atoms with van der Waals surface area (Å²) in [4.78, 5) is 26.7. The molecule has 0 N–H and O–H groups in total. The van der Waals surface area contributed by atoms with Gasteiger partial charge in [-0.3, -0.25) is 9.59 Å². The van der Waals surface area contributed by atoms with Gasteiger partial charge in [-0.1, -0.05) is 18.2 Å². The molecule has 22 heavy (non-hydrogen) atoms. The third-order valence-corrected chi connectivity index (χ3v) is 4.26. The van der Waals surface area contributed by atoms with Crippen molar-refractivity contribution in [3.8, 4) is 6.07 Å². The summed E-state index contributed by atoms with van der Waals surface area (Å²) in [5, 5.41) is 9.39. The predicted molar refractivity (Wildman–Crippen MR) is 80.2 cm³/mol. The fraction of sp³-hybridized carbons (Fsp3) is 0.353. The zero-order valence-electron chi connectivity index (χ0n) is 12.5. The molecule has 0 saturated heterocycles. The van der Waals surface area contributed by atoms with Gasteiger partial charge in [0.2, 0.25) is 0 Å². The van der Waals surface area contributed by atoms with Crippen molar-refractivity contribution in [1.29, 1.82) is 5.26 Å². The normalized spacial score (nSPS) is 19.6. The summed E-state index contributed by atoms with van der Waals surface area (Å²) in [6, 6.07) is 7.66. The number of nitrogens with zero attached hydrogens (tertiary/aromatic N) is 2. The smallest absolute Gasteiger partial charge is 0.317 e. The van der Waals surface area contributed by atoms with Gasteiger partial charge in [0.25, 0.3) is 5.91 Å². The first kappa shape index (κ1) is 14.3. The number of hydrogen-bond acceptors (Lipinski definition) is 4. The quantitative estimate of drug-likeness (QED) is 0.783. The first-order valence-electron chi connectivity index (χ1n) is 7.31. The van der Waals surface area contributed by atoms with Crippen LogP contribution in [0.15, 0.2) is 29.3 Å². The SMILES string of the molecule is CCOC(=O)[C@H]1C(C)=C(C#N)C(=O)N2CCc3cccc1c32. The Morgan fingerprint density at radius 2 is 2.27 bits per heavy atom. The lowest BCUT2D eigenvalue weighted by atomic mass is 9.88. The Hall–Kier alpha value is -2.61. The maximum absolute atomic E-state index is 12.6. The van der Waals surface area contributed by atoms with Gasteiger partial charge in [-0.15, -0.1) is 0 Å². The van der Waals surface area contributed by atoms with Gasteiger partial charge in [-0.05, 0) is 37.0 Å². The number of nitriles is 1. The van der Waals surface area contributed by atoms with Crippen molar-refractivity contribution in [2.24, 2.45) is 0 Å². The number of carbonyl (C=O) groups excluding carboxylic acids is 2. The van der Waals surface area contributed by atoms with E-state index < -0.39 is 11.9 Å². The van der Waals surface area contributed by atoms with Crippen molar-refractivity contribution >= 4 is 17.6 Å². The molecule has 0 aliphatic carbocycles. The standard InChI is InChI=1S/C17H16N2O3/c1-3-22-17(21)14-10(2)13(9-18)16(20)19-8-7-11-5-4-6-12(14)15(11)19/h4-6,14H,3,7-8H2,1-2H3/t14-/m0/s1. The second-order valence-corrected chi connectivity index (χ2v) is 5.42. The average molecular weight is 296 g/mol. The summed E-state index contributed by atoms with van der Waals surface area (Å²) < 4.78 is 5.18. The molecule has 0 saturated carbocycles. The number of para-hydroxylation sites is 1. The van der Waals surface area contributed by atoms with E-state index in [2.05, 4.69) is 0 Å². The van der Waals surface area contributed by atoms with Crippen molar-refractivity contribution in [3.05, 3.63) is 40.5 Å². The number of esters is 1. The van der Waals surface area contributed by atoms with Gasteiger partial charge >= 0.3 is 5.97 Å². The van der Waals surface area contributed by atoms with Crippen molar-refractivity contribution in [1.82, 2.24) is 0 Å². The maximum atomic E-state index is 12.6. The molecule has 5 heteroatoms. The van der Waals surface area contributed by atoms with Crippen LogP contribution < -0.4 is 4.90 Å². The van der Waals surface area contributed by atoms with E-state index >= 15 is 0 Å². The van der Waals surface area contributed by atoms with Crippen molar-refractivity contribution in [3.63, 3.8) is 0 Å². The molecule has 1 atom stereocenters. The monoisotopic (exact) mass is 296 g/mol. The number of ether oxygens (including phenoxy) is 1. The van der Waals surface area contributed by atoms with Crippen LogP contribution in [-0.2, 0) is 20.7 Å². The van der Waals surface area contributed by atoms with E-state index in [0.717, 1.165) is 23.2 Å². The van der Waals surface area contributed by atoms with Crippen LogP contribution in [0, 0.1) is 11.3 Å². The molecule has 2 aliphatic rings. The van der Waals surface area contributed by atoms with E-state index in [1.54, 1.807) is 18.7 Å². The molecule has 0 radical (unpaired) electrons. The molecule has 1 aromatic rings.